The molecule has 0 fully saturated rings. The molecule has 0 radical (unpaired) electrons. The molecule has 0 aromatic carbocycles. The fourth-order valence-electron chi connectivity index (χ4n) is 6.56. The minimum absolute atomic E-state index is 0.0826. The van der Waals surface area contributed by atoms with Crippen LogP contribution in [-0.4, -0.2) is 34.9 Å². The first-order chi connectivity index (χ1) is 25.2. The van der Waals surface area contributed by atoms with Crippen LogP contribution in [0.1, 0.15) is 226 Å². The molecule has 1 amide bonds. The highest BCUT2D eigenvalue weighted by atomic mass is 16.3. The zero-order valence-corrected chi connectivity index (χ0v) is 34.1. The predicted molar refractivity (Wildman–Crippen MR) is 225 cm³/mol. The maximum atomic E-state index is 12.4. The van der Waals surface area contributed by atoms with Gasteiger partial charge in [-0.05, 0) is 70.6 Å². The first kappa shape index (κ1) is 49.4. The summed E-state index contributed by atoms with van der Waals surface area (Å²) < 4.78 is 0. The number of nitrogens with one attached hydrogen (secondary N) is 1. The third-order valence-corrected chi connectivity index (χ3v) is 10.0. The van der Waals surface area contributed by atoms with Crippen molar-refractivity contribution in [1.82, 2.24) is 5.32 Å². The lowest BCUT2D eigenvalue weighted by Crippen LogP contribution is -2.45. The van der Waals surface area contributed by atoms with Crippen molar-refractivity contribution in [2.24, 2.45) is 0 Å². The Morgan fingerprint density at radius 1 is 0.451 bits per heavy atom. The number of aliphatic hydroxyl groups excluding tert-OH is 2. The molecule has 4 nitrogen and oxygen atoms in total. The van der Waals surface area contributed by atoms with Crippen LogP contribution in [0.2, 0.25) is 0 Å². The van der Waals surface area contributed by atoms with E-state index in [4.69, 9.17) is 0 Å². The third kappa shape index (κ3) is 39.4. The quantitative estimate of drug-likeness (QED) is 0.0437. The maximum Gasteiger partial charge on any atom is 0.220 e. The van der Waals surface area contributed by atoms with Crippen LogP contribution in [0.4, 0.5) is 0 Å². The molecule has 51 heavy (non-hydrogen) atoms. The normalized spacial score (nSPS) is 13.4. The zero-order valence-electron chi connectivity index (χ0n) is 34.1. The summed E-state index contributed by atoms with van der Waals surface area (Å²) in [6.45, 7) is 4.29. The summed E-state index contributed by atoms with van der Waals surface area (Å²) in [6.07, 6.45) is 57.9. The molecular weight excluding hydrogens is 627 g/mol. The van der Waals surface area contributed by atoms with Crippen molar-refractivity contribution in [3.8, 4) is 0 Å². The SMILES string of the molecule is CCCCCCCCCC/C=C\CCCCCCCCCC(=O)NC(CO)C(O)/C=C/CC/C=C/CC/C=C/CCCCCCCCCCCC. The molecule has 0 saturated carbocycles. The molecular formula is C47H87NO3. The number of carbonyl (C=O) groups excluding carboxylic acids is 1. The van der Waals surface area contributed by atoms with Crippen molar-refractivity contribution in [3.63, 3.8) is 0 Å². The summed E-state index contributed by atoms with van der Waals surface area (Å²) >= 11 is 0. The monoisotopic (exact) mass is 714 g/mol. The molecule has 298 valence electrons. The minimum Gasteiger partial charge on any atom is -0.394 e. The highest BCUT2D eigenvalue weighted by Gasteiger charge is 2.17. The molecule has 0 rings (SSSR count). The Morgan fingerprint density at radius 2 is 0.765 bits per heavy atom. The topological polar surface area (TPSA) is 69.6 Å². The van der Waals surface area contributed by atoms with E-state index in [-0.39, 0.29) is 12.5 Å². The number of hydrogen-bond donors (Lipinski definition) is 3. The van der Waals surface area contributed by atoms with Crippen LogP contribution in [0.5, 0.6) is 0 Å². The molecule has 0 aliphatic rings. The minimum atomic E-state index is -0.872. The Bertz CT molecular complexity index is 816. The van der Waals surface area contributed by atoms with Gasteiger partial charge >= 0.3 is 0 Å². The first-order valence-corrected chi connectivity index (χ1v) is 22.4. The summed E-state index contributed by atoms with van der Waals surface area (Å²) in [5.41, 5.74) is 0. The summed E-state index contributed by atoms with van der Waals surface area (Å²) in [7, 11) is 0. The van der Waals surface area contributed by atoms with Crippen LogP contribution in [0.25, 0.3) is 0 Å². The van der Waals surface area contributed by atoms with Crippen LogP contribution in [-0.2, 0) is 4.79 Å². The van der Waals surface area contributed by atoms with E-state index in [0.717, 1.165) is 38.5 Å². The molecule has 0 aromatic rings. The summed E-state index contributed by atoms with van der Waals surface area (Å²) in [4.78, 5) is 12.4. The van der Waals surface area contributed by atoms with Gasteiger partial charge in [0.05, 0.1) is 18.8 Å². The average molecular weight is 714 g/mol. The van der Waals surface area contributed by atoms with Gasteiger partial charge in [0.2, 0.25) is 5.91 Å². The van der Waals surface area contributed by atoms with Crippen LogP contribution >= 0.6 is 0 Å². The molecule has 4 heteroatoms. The number of allylic oxidation sites excluding steroid dienone is 7. The molecule has 0 saturated heterocycles. The standard InChI is InChI=1S/C47H87NO3/c1-3-5-7-9-11-13-15-17-19-21-23-25-26-28-30-32-34-36-38-40-42-46(50)45(44-49)48-47(51)43-41-39-37-35-33-31-29-27-24-22-20-18-16-14-12-10-8-6-4-2/h22,24-26,32,34,40,42,45-46,49-50H,3-21,23,27-31,33,35-39,41,43-44H2,1-2H3,(H,48,51)/b24-22-,26-25+,34-32+,42-40+. The van der Waals surface area contributed by atoms with Gasteiger partial charge in [-0.15, -0.1) is 0 Å². The van der Waals surface area contributed by atoms with E-state index in [0.29, 0.717) is 6.42 Å². The third-order valence-electron chi connectivity index (χ3n) is 10.0. The van der Waals surface area contributed by atoms with Crippen LogP contribution in [0, 0.1) is 0 Å². The van der Waals surface area contributed by atoms with E-state index >= 15 is 0 Å². The average Bonchev–Trinajstić information content (AvgIpc) is 3.13. The molecule has 2 unspecified atom stereocenters. The molecule has 0 heterocycles. The zero-order chi connectivity index (χ0) is 37.1. The summed E-state index contributed by atoms with van der Waals surface area (Å²) in [5, 5.41) is 23.0. The van der Waals surface area contributed by atoms with Crippen LogP contribution in [0.15, 0.2) is 48.6 Å². The lowest BCUT2D eigenvalue weighted by molar-refractivity contribution is -0.123. The van der Waals surface area contributed by atoms with Crippen LogP contribution < -0.4 is 5.32 Å². The van der Waals surface area contributed by atoms with E-state index in [9.17, 15) is 15.0 Å². The number of unbranched alkanes of at least 4 members (excludes halogenated alkanes) is 27. The molecule has 0 bridgehead atoms. The predicted octanol–water partition coefficient (Wildman–Crippen LogP) is 14.0. The Hall–Kier alpha value is -1.65. The Balaban J connectivity index is 3.65. The van der Waals surface area contributed by atoms with Gasteiger partial charge < -0.3 is 15.5 Å². The van der Waals surface area contributed by atoms with Crippen molar-refractivity contribution in [3.05, 3.63) is 48.6 Å². The summed E-state index contributed by atoms with van der Waals surface area (Å²) in [5.74, 6) is -0.0826. The number of aliphatic hydroxyl groups is 2. The smallest absolute Gasteiger partial charge is 0.220 e. The maximum absolute atomic E-state index is 12.4. The van der Waals surface area contributed by atoms with Gasteiger partial charge in [0.25, 0.3) is 0 Å². The van der Waals surface area contributed by atoms with Gasteiger partial charge in [0, 0.05) is 6.42 Å². The van der Waals surface area contributed by atoms with Gasteiger partial charge in [0.1, 0.15) is 0 Å². The van der Waals surface area contributed by atoms with Gasteiger partial charge in [0.15, 0.2) is 0 Å². The second kappa shape index (κ2) is 42.8. The molecule has 0 aliphatic carbocycles. The van der Waals surface area contributed by atoms with E-state index < -0.39 is 12.1 Å². The van der Waals surface area contributed by atoms with Crippen molar-refractivity contribution >= 4 is 5.91 Å². The second-order valence-electron chi connectivity index (χ2n) is 15.1. The Kier molecular flexibility index (Phi) is 41.4. The van der Waals surface area contributed by atoms with E-state index in [1.165, 1.54) is 167 Å². The molecule has 2 atom stereocenters. The van der Waals surface area contributed by atoms with E-state index in [1.807, 2.05) is 6.08 Å². The van der Waals surface area contributed by atoms with E-state index in [2.05, 4.69) is 55.6 Å². The van der Waals surface area contributed by atoms with Gasteiger partial charge in [-0.2, -0.15) is 0 Å². The second-order valence-corrected chi connectivity index (χ2v) is 15.1. The molecule has 0 aromatic heterocycles. The number of carbonyl (C=O) groups is 1. The Morgan fingerprint density at radius 3 is 1.14 bits per heavy atom. The van der Waals surface area contributed by atoms with Crippen molar-refractivity contribution in [1.29, 1.82) is 0 Å². The van der Waals surface area contributed by atoms with Crippen molar-refractivity contribution < 1.29 is 15.0 Å². The Labute approximate surface area is 318 Å². The van der Waals surface area contributed by atoms with E-state index in [1.54, 1.807) is 6.08 Å². The van der Waals surface area contributed by atoms with Crippen molar-refractivity contribution in [2.45, 2.75) is 238 Å². The molecule has 3 N–H and O–H groups in total. The number of rotatable bonds is 40. The van der Waals surface area contributed by atoms with Gasteiger partial charge in [-0.25, -0.2) is 0 Å². The molecule has 0 spiro atoms. The number of hydrogen-bond acceptors (Lipinski definition) is 3. The lowest BCUT2D eigenvalue weighted by atomic mass is 10.1. The highest BCUT2D eigenvalue weighted by molar-refractivity contribution is 5.76. The lowest BCUT2D eigenvalue weighted by Gasteiger charge is -2.19. The fraction of sp³-hybridized carbons (Fsp3) is 0.809. The van der Waals surface area contributed by atoms with Crippen molar-refractivity contribution in [2.75, 3.05) is 6.61 Å². The fourth-order valence-corrected chi connectivity index (χ4v) is 6.56. The van der Waals surface area contributed by atoms with Gasteiger partial charge in [-0.1, -0.05) is 197 Å². The van der Waals surface area contributed by atoms with Gasteiger partial charge in [-0.3, -0.25) is 4.79 Å². The highest BCUT2D eigenvalue weighted by Crippen LogP contribution is 2.14. The summed E-state index contributed by atoms with van der Waals surface area (Å²) in [6, 6.07) is -0.647. The number of amides is 1. The van der Waals surface area contributed by atoms with Crippen LogP contribution in [0.3, 0.4) is 0 Å². The molecule has 0 aliphatic heterocycles. The largest absolute Gasteiger partial charge is 0.394 e. The first-order valence-electron chi connectivity index (χ1n) is 22.4.